The van der Waals surface area contributed by atoms with Gasteiger partial charge < -0.3 is 14.2 Å². The van der Waals surface area contributed by atoms with Gasteiger partial charge in [0.2, 0.25) is 0 Å². The predicted octanol–water partition coefficient (Wildman–Crippen LogP) is 7.80. The number of thioether (sulfide) groups is 1. The van der Waals surface area contributed by atoms with Crippen LogP contribution >= 0.6 is 35.0 Å². The van der Waals surface area contributed by atoms with Gasteiger partial charge in [-0.1, -0.05) is 53.5 Å². The molecule has 0 aliphatic rings. The van der Waals surface area contributed by atoms with Crippen LogP contribution in [0.25, 0.3) is 28.4 Å². The van der Waals surface area contributed by atoms with Gasteiger partial charge in [-0.15, -0.1) is 10.2 Å². The van der Waals surface area contributed by atoms with Crippen LogP contribution in [0.3, 0.4) is 0 Å². The lowest BCUT2D eigenvalue weighted by atomic mass is 10.1. The number of fused-ring (bicyclic) bond motifs is 1. The molecule has 38 heavy (non-hydrogen) atoms. The molecule has 2 heterocycles. The van der Waals surface area contributed by atoms with Gasteiger partial charge in [-0.05, 0) is 79.7 Å². The zero-order valence-corrected chi connectivity index (χ0v) is 23.1. The van der Waals surface area contributed by atoms with Crippen LogP contribution in [0.1, 0.15) is 23.7 Å². The van der Waals surface area contributed by atoms with Crippen molar-refractivity contribution in [2.24, 2.45) is 0 Å². The van der Waals surface area contributed by atoms with Gasteiger partial charge in [0.25, 0.3) is 0 Å². The second-order valence-corrected chi connectivity index (χ2v) is 10.6. The van der Waals surface area contributed by atoms with Crippen molar-refractivity contribution in [2.75, 3.05) is 0 Å². The summed E-state index contributed by atoms with van der Waals surface area (Å²) in [6.07, 6.45) is 1.74. The van der Waals surface area contributed by atoms with Gasteiger partial charge in [-0.25, -0.2) is 4.79 Å². The van der Waals surface area contributed by atoms with E-state index in [1.807, 2.05) is 73.0 Å². The predicted molar refractivity (Wildman–Crippen MR) is 155 cm³/mol. The smallest absolute Gasteiger partial charge is 0.342 e. The number of benzene rings is 3. The minimum atomic E-state index is -1.03. The molecule has 0 saturated carbocycles. The van der Waals surface area contributed by atoms with Crippen LogP contribution in [0.4, 0.5) is 0 Å². The van der Waals surface area contributed by atoms with E-state index in [1.165, 1.54) is 0 Å². The molecule has 0 saturated heterocycles. The number of carboxylic acid groups (broad SMARTS) is 1. The normalized spacial score (nSPS) is 11.8. The Bertz CT molecular complexity index is 1650. The van der Waals surface area contributed by atoms with Crippen molar-refractivity contribution in [3.63, 3.8) is 0 Å². The second kappa shape index (κ2) is 11.1. The number of halogens is 2. The molecule has 0 spiro atoms. The molecule has 5 aromatic rings. The van der Waals surface area contributed by atoms with Crippen molar-refractivity contribution in [1.29, 1.82) is 0 Å². The number of hydrogen-bond acceptors (Lipinski definition) is 4. The van der Waals surface area contributed by atoms with E-state index in [2.05, 4.69) is 20.8 Å². The molecule has 0 bridgehead atoms. The molecule has 1 N–H and O–H groups in total. The highest BCUT2D eigenvalue weighted by atomic mass is 35.5. The highest BCUT2D eigenvalue weighted by Gasteiger charge is 2.20. The van der Waals surface area contributed by atoms with Crippen LogP contribution in [-0.4, -0.2) is 30.4 Å². The van der Waals surface area contributed by atoms with E-state index >= 15 is 0 Å². The topological polar surface area (TPSA) is 72.9 Å². The fourth-order valence-corrected chi connectivity index (χ4v) is 5.56. The van der Waals surface area contributed by atoms with Crippen LogP contribution < -0.4 is 0 Å². The first-order valence-corrected chi connectivity index (χ1v) is 13.6. The van der Waals surface area contributed by atoms with Gasteiger partial charge in [-0.3, -0.25) is 0 Å². The Morgan fingerprint density at radius 1 is 0.947 bits per heavy atom. The molecule has 9 heteroatoms. The van der Waals surface area contributed by atoms with Crippen molar-refractivity contribution >= 4 is 57.9 Å². The third-order valence-corrected chi connectivity index (χ3v) is 7.86. The molecule has 5 rings (SSSR count). The molecule has 0 aliphatic carbocycles. The van der Waals surface area contributed by atoms with Crippen molar-refractivity contribution in [2.45, 2.75) is 32.1 Å². The summed E-state index contributed by atoms with van der Waals surface area (Å²) in [7, 11) is 0. The monoisotopic (exact) mass is 562 g/mol. The molecule has 6 nitrogen and oxygen atoms in total. The van der Waals surface area contributed by atoms with Crippen molar-refractivity contribution in [3.8, 4) is 11.4 Å². The summed E-state index contributed by atoms with van der Waals surface area (Å²) in [4.78, 5) is 12.6. The molecule has 3 aromatic carbocycles. The zero-order valence-electron chi connectivity index (χ0n) is 20.7. The fourth-order valence-electron chi connectivity index (χ4n) is 4.44. The average molecular weight is 564 g/mol. The zero-order chi connectivity index (χ0) is 26.8. The minimum Gasteiger partial charge on any atom is -0.477 e. The number of nitrogens with zero attached hydrogens (tertiary/aromatic N) is 4. The van der Waals surface area contributed by atoms with E-state index in [9.17, 15) is 9.90 Å². The quantitative estimate of drug-likeness (QED) is 0.154. The lowest BCUT2D eigenvalue weighted by Crippen LogP contribution is -2.03. The van der Waals surface area contributed by atoms with Gasteiger partial charge in [0, 0.05) is 50.9 Å². The van der Waals surface area contributed by atoms with E-state index in [0.717, 1.165) is 45.0 Å². The fraction of sp³-hybridized carbons (Fsp3) is 0.138. The van der Waals surface area contributed by atoms with Crippen LogP contribution in [0.2, 0.25) is 10.0 Å². The lowest BCUT2D eigenvalue weighted by Gasteiger charge is -2.09. The highest BCUT2D eigenvalue weighted by molar-refractivity contribution is 8.04. The molecule has 0 radical (unpaired) electrons. The molecule has 192 valence electrons. The molecule has 0 aliphatic heterocycles. The van der Waals surface area contributed by atoms with Gasteiger partial charge in [0.1, 0.15) is 4.91 Å². The van der Waals surface area contributed by atoms with E-state index < -0.39 is 5.97 Å². The van der Waals surface area contributed by atoms with Gasteiger partial charge in [-0.2, -0.15) is 0 Å². The maximum atomic E-state index is 12.4. The summed E-state index contributed by atoms with van der Waals surface area (Å²) in [5, 5.41) is 21.6. The summed E-state index contributed by atoms with van der Waals surface area (Å²) in [6.45, 7) is 5.21. The third kappa shape index (κ3) is 5.23. The number of carbonyl (C=O) groups is 1. The Morgan fingerprint density at radius 2 is 1.61 bits per heavy atom. The summed E-state index contributed by atoms with van der Waals surface area (Å²) in [5.41, 5.74) is 4.83. The van der Waals surface area contributed by atoms with Crippen LogP contribution in [0, 0.1) is 6.92 Å². The summed E-state index contributed by atoms with van der Waals surface area (Å²) >= 11 is 13.2. The molecular formula is C29H24Cl2N4O2S. The van der Waals surface area contributed by atoms with Crippen LogP contribution in [0.5, 0.6) is 0 Å². The Kier molecular flexibility index (Phi) is 7.61. The first-order valence-electron chi connectivity index (χ1n) is 12.0. The van der Waals surface area contributed by atoms with E-state index in [4.69, 9.17) is 23.2 Å². The molecule has 2 aromatic heterocycles. The van der Waals surface area contributed by atoms with E-state index in [1.54, 1.807) is 18.2 Å². The maximum absolute atomic E-state index is 12.4. The Labute approximate surface area is 234 Å². The van der Waals surface area contributed by atoms with Gasteiger partial charge in [0.05, 0.1) is 0 Å². The summed E-state index contributed by atoms with van der Waals surface area (Å²) < 4.78 is 4.10. The Morgan fingerprint density at radius 3 is 2.26 bits per heavy atom. The maximum Gasteiger partial charge on any atom is 0.342 e. The molecule has 0 atom stereocenters. The lowest BCUT2D eigenvalue weighted by molar-refractivity contribution is -0.131. The third-order valence-electron chi connectivity index (χ3n) is 6.36. The SMILES string of the molecule is CCn1c(S/C(=C\c2c(C)n(Cc3ccc(Cl)cc3)c3ccccc23)C(=O)O)nnc1-c1ccc(Cl)cc1. The summed E-state index contributed by atoms with van der Waals surface area (Å²) in [5.74, 6) is -0.366. The number of aromatic nitrogens is 4. The van der Waals surface area contributed by atoms with Crippen LogP contribution in [0.15, 0.2) is 82.9 Å². The number of para-hydroxylation sites is 1. The number of hydrogen-bond donors (Lipinski definition) is 1. The van der Waals surface area contributed by atoms with E-state index in [0.29, 0.717) is 34.1 Å². The second-order valence-electron chi connectivity index (χ2n) is 8.70. The van der Waals surface area contributed by atoms with E-state index in [-0.39, 0.29) is 4.91 Å². The standard InChI is InChI=1S/C29H24Cl2N4O2S/c1-3-34-27(20-10-14-22(31)15-11-20)32-33-29(34)38-26(28(36)37)16-24-18(2)35(25-7-5-4-6-23(24)25)17-19-8-12-21(30)13-9-19/h4-16H,3,17H2,1-2H3,(H,36,37)/b26-16-. The first kappa shape index (κ1) is 26.1. The Hall–Kier alpha value is -3.52. The van der Waals surface area contributed by atoms with Gasteiger partial charge in [0.15, 0.2) is 11.0 Å². The van der Waals surface area contributed by atoms with Crippen molar-refractivity contribution in [3.05, 3.63) is 105 Å². The van der Waals surface area contributed by atoms with Crippen molar-refractivity contribution in [1.82, 2.24) is 19.3 Å². The molecule has 0 amide bonds. The molecule has 0 fully saturated rings. The van der Waals surface area contributed by atoms with Gasteiger partial charge >= 0.3 is 5.97 Å². The molecule has 0 unspecified atom stereocenters. The van der Waals surface area contributed by atoms with Crippen molar-refractivity contribution < 1.29 is 9.90 Å². The van der Waals surface area contributed by atoms with Crippen LogP contribution in [-0.2, 0) is 17.9 Å². The number of rotatable bonds is 8. The largest absolute Gasteiger partial charge is 0.477 e. The first-order chi connectivity index (χ1) is 18.4. The number of carboxylic acids is 1. The minimum absolute atomic E-state index is 0.159. The Balaban J connectivity index is 1.55. The summed E-state index contributed by atoms with van der Waals surface area (Å²) in [6, 6.07) is 23.1. The molecular weight excluding hydrogens is 539 g/mol. The highest BCUT2D eigenvalue weighted by Crippen LogP contribution is 2.34. The average Bonchev–Trinajstić information content (AvgIpc) is 3.44. The number of aliphatic carboxylic acids is 1.